The lowest BCUT2D eigenvalue weighted by Gasteiger charge is -2.02. The number of aromatic nitrogens is 2. The molecule has 0 aromatic carbocycles. The summed E-state index contributed by atoms with van der Waals surface area (Å²) < 4.78 is 6.36. The highest BCUT2D eigenvalue weighted by molar-refractivity contribution is 5.99. The molecule has 6 heteroatoms. The summed E-state index contributed by atoms with van der Waals surface area (Å²) in [7, 11) is 0. The Hall–Kier alpha value is -2.37. The van der Waals surface area contributed by atoms with Crippen LogP contribution in [0.4, 0.5) is 0 Å². The molecule has 0 unspecified atom stereocenters. The van der Waals surface area contributed by atoms with Gasteiger partial charge in [0.25, 0.3) is 5.91 Å². The number of ether oxygens (including phenoxy) is 1. The fourth-order valence-electron chi connectivity index (χ4n) is 1.56. The smallest absolute Gasteiger partial charge is 0.356 e. The van der Waals surface area contributed by atoms with Gasteiger partial charge in [-0.3, -0.25) is 9.20 Å². The van der Waals surface area contributed by atoms with Gasteiger partial charge in [0, 0.05) is 6.20 Å². The van der Waals surface area contributed by atoms with Gasteiger partial charge in [0.05, 0.1) is 18.4 Å². The third-order valence-electron chi connectivity index (χ3n) is 2.29. The average molecular weight is 233 g/mol. The summed E-state index contributed by atoms with van der Waals surface area (Å²) in [5.41, 5.74) is 6.10. The number of hydrogen-bond donors (Lipinski definition) is 1. The predicted octanol–water partition coefficient (Wildman–Crippen LogP) is 0.610. The number of nitrogens with two attached hydrogens (primary N) is 1. The van der Waals surface area contributed by atoms with Gasteiger partial charge in [-0.25, -0.2) is 9.78 Å². The number of esters is 1. The first-order chi connectivity index (χ1) is 8.15. The van der Waals surface area contributed by atoms with Crippen molar-refractivity contribution in [3.8, 4) is 0 Å². The molecule has 2 heterocycles. The summed E-state index contributed by atoms with van der Waals surface area (Å²) in [4.78, 5) is 26.8. The third-order valence-corrected chi connectivity index (χ3v) is 2.29. The molecule has 0 saturated carbocycles. The van der Waals surface area contributed by atoms with Gasteiger partial charge in [-0.15, -0.1) is 0 Å². The molecule has 88 valence electrons. The number of primary amides is 1. The highest BCUT2D eigenvalue weighted by Crippen LogP contribution is 2.12. The van der Waals surface area contributed by atoms with Crippen LogP contribution in [0.25, 0.3) is 5.65 Å². The molecular formula is C11H11N3O3. The van der Waals surface area contributed by atoms with Crippen molar-refractivity contribution < 1.29 is 14.3 Å². The number of amides is 1. The Balaban J connectivity index is 2.58. The zero-order valence-electron chi connectivity index (χ0n) is 9.21. The van der Waals surface area contributed by atoms with Crippen LogP contribution in [0.15, 0.2) is 24.5 Å². The lowest BCUT2D eigenvalue weighted by Crippen LogP contribution is -2.13. The van der Waals surface area contributed by atoms with Crippen LogP contribution in [0.2, 0.25) is 0 Å². The van der Waals surface area contributed by atoms with Crippen LogP contribution in [0, 0.1) is 0 Å². The number of imidazole rings is 1. The molecule has 6 nitrogen and oxygen atoms in total. The Morgan fingerprint density at radius 2 is 2.29 bits per heavy atom. The second-order valence-electron chi connectivity index (χ2n) is 3.34. The molecule has 0 atom stereocenters. The van der Waals surface area contributed by atoms with Crippen molar-refractivity contribution in [2.45, 2.75) is 6.92 Å². The first-order valence-electron chi connectivity index (χ1n) is 5.08. The molecule has 0 radical (unpaired) electrons. The van der Waals surface area contributed by atoms with Gasteiger partial charge in [0.15, 0.2) is 5.69 Å². The average Bonchev–Trinajstić information content (AvgIpc) is 2.72. The maximum Gasteiger partial charge on any atom is 0.356 e. The Bertz CT molecular complexity index is 589. The molecule has 17 heavy (non-hydrogen) atoms. The van der Waals surface area contributed by atoms with Crippen molar-refractivity contribution in [1.29, 1.82) is 0 Å². The van der Waals surface area contributed by atoms with Crippen LogP contribution in [-0.4, -0.2) is 27.9 Å². The van der Waals surface area contributed by atoms with E-state index in [-0.39, 0.29) is 17.9 Å². The molecule has 0 fully saturated rings. The van der Waals surface area contributed by atoms with Crippen molar-refractivity contribution in [2.75, 3.05) is 6.61 Å². The van der Waals surface area contributed by atoms with Gasteiger partial charge in [-0.2, -0.15) is 0 Å². The number of nitrogens with zero attached hydrogens (tertiary/aromatic N) is 2. The molecule has 0 aliphatic carbocycles. The number of hydrogen-bond acceptors (Lipinski definition) is 4. The van der Waals surface area contributed by atoms with E-state index < -0.39 is 11.9 Å². The predicted molar refractivity (Wildman–Crippen MR) is 59.7 cm³/mol. The zero-order chi connectivity index (χ0) is 12.4. The molecular weight excluding hydrogens is 222 g/mol. The minimum atomic E-state index is -0.586. The fourth-order valence-corrected chi connectivity index (χ4v) is 1.56. The second-order valence-corrected chi connectivity index (χ2v) is 3.34. The second kappa shape index (κ2) is 4.25. The van der Waals surface area contributed by atoms with Gasteiger partial charge in [-0.1, -0.05) is 0 Å². The highest BCUT2D eigenvalue weighted by Gasteiger charge is 2.16. The van der Waals surface area contributed by atoms with E-state index in [9.17, 15) is 9.59 Å². The SMILES string of the molecule is CCOC(=O)c1cnc2c(C(N)=O)cccn12. The van der Waals surface area contributed by atoms with Crippen LogP contribution in [-0.2, 0) is 4.74 Å². The van der Waals surface area contributed by atoms with Crippen LogP contribution in [0.3, 0.4) is 0 Å². The van der Waals surface area contributed by atoms with Crippen LogP contribution < -0.4 is 5.73 Å². The third kappa shape index (κ3) is 1.84. The number of rotatable bonds is 3. The van der Waals surface area contributed by atoms with E-state index >= 15 is 0 Å². The molecule has 0 aliphatic rings. The summed E-state index contributed by atoms with van der Waals surface area (Å²) in [6.07, 6.45) is 2.99. The first-order valence-corrected chi connectivity index (χ1v) is 5.08. The Morgan fingerprint density at radius 3 is 2.94 bits per heavy atom. The Labute approximate surface area is 97.0 Å². The van der Waals surface area contributed by atoms with Gasteiger partial charge in [0.2, 0.25) is 0 Å². The molecule has 2 aromatic rings. The van der Waals surface area contributed by atoms with Crippen molar-refractivity contribution in [1.82, 2.24) is 9.38 Å². The van der Waals surface area contributed by atoms with Gasteiger partial charge in [0.1, 0.15) is 5.65 Å². The molecule has 2 aromatic heterocycles. The minimum Gasteiger partial charge on any atom is -0.461 e. The molecule has 2 N–H and O–H groups in total. The highest BCUT2D eigenvalue weighted by atomic mass is 16.5. The number of fused-ring (bicyclic) bond motifs is 1. The monoisotopic (exact) mass is 233 g/mol. The van der Waals surface area contributed by atoms with Crippen molar-refractivity contribution in [3.05, 3.63) is 35.8 Å². The standard InChI is InChI=1S/C11H11N3O3/c1-2-17-11(16)8-6-13-10-7(9(12)15)4-3-5-14(8)10/h3-6H,2H2,1H3,(H2,12,15). The van der Waals surface area contributed by atoms with Gasteiger partial charge < -0.3 is 10.5 Å². The van der Waals surface area contributed by atoms with E-state index in [0.717, 1.165) is 0 Å². The molecule has 0 saturated heterocycles. The van der Waals surface area contributed by atoms with Gasteiger partial charge in [-0.05, 0) is 19.1 Å². The first kappa shape index (κ1) is 11.1. The van der Waals surface area contributed by atoms with Crippen LogP contribution in [0.5, 0.6) is 0 Å². The van der Waals surface area contributed by atoms with Crippen molar-refractivity contribution >= 4 is 17.5 Å². The van der Waals surface area contributed by atoms with Crippen LogP contribution in [0.1, 0.15) is 27.8 Å². The van der Waals surface area contributed by atoms with E-state index in [0.29, 0.717) is 5.65 Å². The number of carbonyl (C=O) groups excluding carboxylic acids is 2. The Kier molecular flexibility index (Phi) is 2.78. The topological polar surface area (TPSA) is 86.7 Å². The lowest BCUT2D eigenvalue weighted by atomic mass is 10.2. The molecule has 0 bridgehead atoms. The summed E-state index contributed by atoms with van der Waals surface area (Å²) in [6.45, 7) is 2.00. The maximum absolute atomic E-state index is 11.6. The summed E-state index contributed by atoms with van der Waals surface area (Å²) in [5, 5.41) is 0. The quantitative estimate of drug-likeness (QED) is 0.787. The fraction of sp³-hybridized carbons (Fsp3) is 0.182. The summed E-state index contributed by atoms with van der Waals surface area (Å²) in [6, 6.07) is 3.18. The van der Waals surface area contributed by atoms with Gasteiger partial charge >= 0.3 is 5.97 Å². The summed E-state index contributed by atoms with van der Waals surface area (Å²) in [5.74, 6) is -1.07. The van der Waals surface area contributed by atoms with E-state index in [2.05, 4.69) is 4.98 Å². The van der Waals surface area contributed by atoms with Crippen molar-refractivity contribution in [2.24, 2.45) is 5.73 Å². The molecule has 1 amide bonds. The van der Waals surface area contributed by atoms with Crippen LogP contribution >= 0.6 is 0 Å². The summed E-state index contributed by atoms with van der Waals surface area (Å²) >= 11 is 0. The van der Waals surface area contributed by atoms with E-state index in [1.165, 1.54) is 10.6 Å². The number of pyridine rings is 1. The van der Waals surface area contributed by atoms with E-state index in [1.54, 1.807) is 25.3 Å². The van der Waals surface area contributed by atoms with E-state index in [4.69, 9.17) is 10.5 Å². The largest absolute Gasteiger partial charge is 0.461 e. The van der Waals surface area contributed by atoms with Crippen molar-refractivity contribution in [3.63, 3.8) is 0 Å². The lowest BCUT2D eigenvalue weighted by molar-refractivity contribution is 0.0518. The molecule has 2 rings (SSSR count). The Morgan fingerprint density at radius 1 is 1.53 bits per heavy atom. The zero-order valence-corrected chi connectivity index (χ0v) is 9.21. The van der Waals surface area contributed by atoms with E-state index in [1.807, 2.05) is 0 Å². The molecule has 0 aliphatic heterocycles. The normalized spacial score (nSPS) is 10.4. The maximum atomic E-state index is 11.6. The molecule has 0 spiro atoms. The number of carbonyl (C=O) groups is 2. The minimum absolute atomic E-state index is 0.267.